The number of hydrogen-bond donors (Lipinski definition) is 1. The minimum absolute atomic E-state index is 0.0432. The Labute approximate surface area is 231 Å². The Morgan fingerprint density at radius 3 is 2.62 bits per heavy atom. The molecule has 0 aliphatic carbocycles. The summed E-state index contributed by atoms with van der Waals surface area (Å²) in [5.74, 6) is 2.43. The first kappa shape index (κ1) is 25.7. The molecule has 40 heavy (non-hydrogen) atoms. The van der Waals surface area contributed by atoms with Crippen LogP contribution in [0.5, 0.6) is 17.2 Å². The number of pyridine rings is 1. The molecule has 2 aromatic carbocycles. The summed E-state index contributed by atoms with van der Waals surface area (Å²) in [6.45, 7) is 3.67. The molecule has 6 rings (SSSR count). The number of anilines is 2. The standard InChI is InChI=1S/C30H31N5O5/c1-4-35-27(10-13-31-35)32-19-8-9-24-21(16-19)23(36)18-30(40-24)11-14-34(15-12-30)29(37)22-17-26(39-3)20-6-5-7-25(38-2)28(20)33-22/h5-10,13,16-17,32H,4,11-12,14-15,18H2,1-3H3. The lowest BCUT2D eigenvalue weighted by Gasteiger charge is -2.44. The van der Waals surface area contributed by atoms with Crippen LogP contribution in [0.4, 0.5) is 11.5 Å². The van der Waals surface area contributed by atoms with Gasteiger partial charge >= 0.3 is 0 Å². The van der Waals surface area contributed by atoms with Crippen molar-refractivity contribution in [2.24, 2.45) is 0 Å². The number of benzene rings is 2. The summed E-state index contributed by atoms with van der Waals surface area (Å²) in [6, 6.07) is 14.7. The van der Waals surface area contributed by atoms with E-state index in [1.807, 2.05) is 54.1 Å². The van der Waals surface area contributed by atoms with Gasteiger partial charge in [0.2, 0.25) is 0 Å². The highest BCUT2D eigenvalue weighted by Crippen LogP contribution is 2.41. The summed E-state index contributed by atoms with van der Waals surface area (Å²) in [5.41, 5.74) is 1.61. The molecule has 206 valence electrons. The van der Waals surface area contributed by atoms with Gasteiger partial charge in [0.15, 0.2) is 5.78 Å². The summed E-state index contributed by atoms with van der Waals surface area (Å²) in [5, 5.41) is 8.38. The average Bonchev–Trinajstić information content (AvgIpc) is 3.43. The highest BCUT2D eigenvalue weighted by atomic mass is 16.5. The number of aromatic nitrogens is 3. The van der Waals surface area contributed by atoms with Gasteiger partial charge in [-0.2, -0.15) is 5.10 Å². The van der Waals surface area contributed by atoms with E-state index >= 15 is 0 Å². The summed E-state index contributed by atoms with van der Waals surface area (Å²) >= 11 is 0. The Bertz CT molecular complexity index is 1610. The maximum atomic E-state index is 13.5. The fourth-order valence-electron chi connectivity index (χ4n) is 5.60. The lowest BCUT2D eigenvalue weighted by atomic mass is 9.82. The van der Waals surface area contributed by atoms with Crippen LogP contribution >= 0.6 is 0 Å². The number of piperidine rings is 1. The van der Waals surface area contributed by atoms with Crippen molar-refractivity contribution in [3.8, 4) is 17.2 Å². The quantitative estimate of drug-likeness (QED) is 0.369. The van der Waals surface area contributed by atoms with Crippen LogP contribution in [0.1, 0.15) is 47.0 Å². The normalized spacial score (nSPS) is 16.0. The van der Waals surface area contributed by atoms with Crippen LogP contribution in [0, 0.1) is 0 Å². The molecule has 0 bridgehead atoms. The zero-order valence-corrected chi connectivity index (χ0v) is 22.8. The largest absolute Gasteiger partial charge is 0.496 e. The number of nitrogens with one attached hydrogen (secondary N) is 1. The molecule has 2 aliphatic rings. The topological polar surface area (TPSA) is 108 Å². The van der Waals surface area contributed by atoms with E-state index in [1.165, 1.54) is 0 Å². The smallest absolute Gasteiger partial charge is 0.272 e. The van der Waals surface area contributed by atoms with Crippen molar-refractivity contribution in [2.45, 2.75) is 38.3 Å². The number of methoxy groups -OCH3 is 2. The van der Waals surface area contributed by atoms with Crippen LogP contribution < -0.4 is 19.5 Å². The van der Waals surface area contributed by atoms with Gasteiger partial charge in [-0.1, -0.05) is 6.07 Å². The van der Waals surface area contributed by atoms with E-state index < -0.39 is 5.60 Å². The molecule has 0 saturated carbocycles. The molecule has 1 spiro atoms. The SMILES string of the molecule is CCn1nccc1Nc1ccc2c(c1)C(=O)CC1(CCN(C(=O)c3cc(OC)c4cccc(OC)c4n3)CC1)O2. The Kier molecular flexibility index (Phi) is 6.53. The molecule has 0 unspecified atom stereocenters. The summed E-state index contributed by atoms with van der Waals surface area (Å²) in [4.78, 5) is 33.2. The van der Waals surface area contributed by atoms with Crippen molar-refractivity contribution in [1.82, 2.24) is 19.7 Å². The first-order chi connectivity index (χ1) is 19.4. The van der Waals surface area contributed by atoms with Gasteiger partial charge in [0.05, 0.1) is 32.4 Å². The minimum Gasteiger partial charge on any atom is -0.496 e. The Morgan fingerprint density at radius 1 is 1.07 bits per heavy atom. The van der Waals surface area contributed by atoms with Gasteiger partial charge in [0, 0.05) is 55.7 Å². The molecule has 10 nitrogen and oxygen atoms in total. The van der Waals surface area contributed by atoms with Gasteiger partial charge in [0.25, 0.3) is 5.91 Å². The van der Waals surface area contributed by atoms with Crippen molar-refractivity contribution in [2.75, 3.05) is 32.6 Å². The van der Waals surface area contributed by atoms with Crippen molar-refractivity contribution >= 4 is 34.1 Å². The molecule has 0 radical (unpaired) electrons. The molecule has 2 aromatic heterocycles. The number of para-hydroxylation sites is 1. The van der Waals surface area contributed by atoms with Gasteiger partial charge in [-0.25, -0.2) is 9.67 Å². The zero-order valence-electron chi connectivity index (χ0n) is 22.8. The number of ether oxygens (including phenoxy) is 3. The molecule has 2 aliphatic heterocycles. The molecule has 1 N–H and O–H groups in total. The number of nitrogens with zero attached hydrogens (tertiary/aromatic N) is 4. The number of ketones is 1. The third kappa shape index (κ3) is 4.49. The van der Waals surface area contributed by atoms with E-state index in [4.69, 9.17) is 14.2 Å². The van der Waals surface area contributed by atoms with Gasteiger partial charge < -0.3 is 24.4 Å². The van der Waals surface area contributed by atoms with Crippen molar-refractivity contribution < 1.29 is 23.8 Å². The van der Waals surface area contributed by atoms with Gasteiger partial charge in [-0.3, -0.25) is 9.59 Å². The number of amides is 1. The Morgan fingerprint density at radius 2 is 1.88 bits per heavy atom. The van der Waals surface area contributed by atoms with Crippen LogP contribution in [-0.4, -0.2) is 64.3 Å². The number of Topliss-reactive ketones (excluding diaryl/α,β-unsaturated/α-hetero) is 1. The lowest BCUT2D eigenvalue weighted by molar-refractivity contribution is -0.00583. The molecule has 0 atom stereocenters. The molecule has 1 fully saturated rings. The third-order valence-electron chi connectivity index (χ3n) is 7.76. The maximum Gasteiger partial charge on any atom is 0.272 e. The monoisotopic (exact) mass is 541 g/mol. The predicted octanol–water partition coefficient (Wildman–Crippen LogP) is 4.85. The summed E-state index contributed by atoms with van der Waals surface area (Å²) < 4.78 is 19.3. The van der Waals surface area contributed by atoms with E-state index in [1.54, 1.807) is 31.4 Å². The summed E-state index contributed by atoms with van der Waals surface area (Å²) in [7, 11) is 3.15. The first-order valence-corrected chi connectivity index (χ1v) is 13.4. The van der Waals surface area contributed by atoms with Crippen molar-refractivity contribution in [3.05, 3.63) is 66.0 Å². The molecule has 10 heteroatoms. The van der Waals surface area contributed by atoms with Crippen molar-refractivity contribution in [1.29, 1.82) is 0 Å². The van der Waals surface area contributed by atoms with E-state index in [-0.39, 0.29) is 18.1 Å². The van der Waals surface area contributed by atoms with Crippen molar-refractivity contribution in [3.63, 3.8) is 0 Å². The van der Waals surface area contributed by atoms with Crippen LogP contribution in [0.15, 0.2) is 54.7 Å². The van der Waals surface area contributed by atoms with Crippen LogP contribution in [0.2, 0.25) is 0 Å². The van der Waals surface area contributed by atoms with Gasteiger partial charge in [0.1, 0.15) is 39.9 Å². The van der Waals surface area contributed by atoms with Gasteiger partial charge in [-0.05, 0) is 37.3 Å². The lowest BCUT2D eigenvalue weighted by Crippen LogP contribution is -2.52. The van der Waals surface area contributed by atoms with E-state index in [0.717, 1.165) is 23.4 Å². The zero-order chi connectivity index (χ0) is 27.9. The predicted molar refractivity (Wildman–Crippen MR) is 150 cm³/mol. The Balaban J connectivity index is 1.18. The number of rotatable bonds is 6. The van der Waals surface area contributed by atoms with E-state index in [9.17, 15) is 9.59 Å². The highest BCUT2D eigenvalue weighted by Gasteiger charge is 2.44. The molecule has 4 aromatic rings. The summed E-state index contributed by atoms with van der Waals surface area (Å²) in [6.07, 6.45) is 3.11. The Hall–Kier alpha value is -4.60. The number of carbonyl (C=O) groups is 2. The second-order valence-corrected chi connectivity index (χ2v) is 10.1. The number of hydrogen-bond acceptors (Lipinski definition) is 8. The average molecular weight is 542 g/mol. The molecule has 1 saturated heterocycles. The molecular formula is C30H31N5O5. The maximum absolute atomic E-state index is 13.5. The molecular weight excluding hydrogens is 510 g/mol. The molecule has 1 amide bonds. The fraction of sp³-hybridized carbons (Fsp3) is 0.333. The van der Waals surface area contributed by atoms with E-state index in [2.05, 4.69) is 15.4 Å². The first-order valence-electron chi connectivity index (χ1n) is 13.4. The van der Waals surface area contributed by atoms with Crippen LogP contribution in [0.25, 0.3) is 10.9 Å². The highest BCUT2D eigenvalue weighted by molar-refractivity contribution is 6.01. The number of fused-ring (bicyclic) bond motifs is 2. The van der Waals surface area contributed by atoms with E-state index in [0.29, 0.717) is 60.0 Å². The van der Waals surface area contributed by atoms with Crippen LogP contribution in [-0.2, 0) is 6.54 Å². The third-order valence-corrected chi connectivity index (χ3v) is 7.76. The number of carbonyl (C=O) groups excluding carboxylic acids is 2. The second-order valence-electron chi connectivity index (χ2n) is 10.1. The fourth-order valence-corrected chi connectivity index (χ4v) is 5.60. The number of aryl methyl sites for hydroxylation is 1. The van der Waals surface area contributed by atoms with Crippen LogP contribution in [0.3, 0.4) is 0 Å². The number of likely N-dealkylation sites (tertiary alicyclic amines) is 1. The minimum atomic E-state index is -0.631. The second kappa shape index (κ2) is 10.2. The molecule has 4 heterocycles. The van der Waals surface area contributed by atoms with Gasteiger partial charge in [-0.15, -0.1) is 0 Å².